The first-order valence-electron chi connectivity index (χ1n) is 9.88. The van der Waals surface area contributed by atoms with Gasteiger partial charge < -0.3 is 4.74 Å². The number of ketones is 1. The molecule has 2 atom stereocenters. The van der Waals surface area contributed by atoms with E-state index in [4.69, 9.17) is 4.74 Å². The van der Waals surface area contributed by atoms with Gasteiger partial charge in [0.2, 0.25) is 0 Å². The van der Waals surface area contributed by atoms with Gasteiger partial charge in [0.05, 0.1) is 23.6 Å². The number of carbonyl (C=O) groups excluding carboxylic acids is 2. The minimum atomic E-state index is -0.599. The third-order valence-electron chi connectivity index (χ3n) is 4.60. The summed E-state index contributed by atoms with van der Waals surface area (Å²) in [6, 6.07) is 6.61. The normalized spacial score (nSPS) is 19.1. The summed E-state index contributed by atoms with van der Waals surface area (Å²) in [5.41, 5.74) is 0.319. The lowest BCUT2D eigenvalue weighted by molar-refractivity contribution is 0.0526. The maximum atomic E-state index is 13.3. The largest absolute Gasteiger partial charge is 0.462 e. The van der Waals surface area contributed by atoms with Crippen molar-refractivity contribution in [3.8, 4) is 11.8 Å². The van der Waals surface area contributed by atoms with Gasteiger partial charge in [-0.25, -0.2) is 4.79 Å². The summed E-state index contributed by atoms with van der Waals surface area (Å²) in [6.07, 6.45) is 9.82. The quantitative estimate of drug-likeness (QED) is 0.371. The van der Waals surface area contributed by atoms with Crippen molar-refractivity contribution in [1.29, 1.82) is 0 Å². The van der Waals surface area contributed by atoms with Gasteiger partial charge in [0, 0.05) is 17.2 Å². The minimum absolute atomic E-state index is 0.0139. The van der Waals surface area contributed by atoms with Crippen molar-refractivity contribution in [2.45, 2.75) is 46.6 Å². The highest BCUT2D eigenvalue weighted by Crippen LogP contribution is 2.32. The Morgan fingerprint density at radius 2 is 1.86 bits per heavy atom. The van der Waals surface area contributed by atoms with E-state index in [1.165, 1.54) is 0 Å². The van der Waals surface area contributed by atoms with E-state index in [2.05, 4.69) is 37.6 Å². The van der Waals surface area contributed by atoms with Crippen molar-refractivity contribution in [3.05, 3.63) is 59.7 Å². The molecule has 0 radical (unpaired) electrons. The van der Waals surface area contributed by atoms with Crippen molar-refractivity contribution < 1.29 is 14.3 Å². The van der Waals surface area contributed by atoms with E-state index in [9.17, 15) is 9.59 Å². The van der Waals surface area contributed by atoms with Crippen molar-refractivity contribution in [3.63, 3.8) is 0 Å². The number of aliphatic imine (C=N–C) groups is 1. The highest BCUT2D eigenvalue weighted by molar-refractivity contribution is 6.00. The zero-order valence-electron chi connectivity index (χ0n) is 17.9. The van der Waals surface area contributed by atoms with Crippen LogP contribution in [0.1, 0.15) is 61.8 Å². The van der Waals surface area contributed by atoms with Crippen LogP contribution in [0.15, 0.2) is 53.6 Å². The smallest absolute Gasteiger partial charge is 0.338 e. The average Bonchev–Trinajstić information content (AvgIpc) is 3.11. The SMILES string of the molecule is CCOC(=O)c1ccc(C(=O)C(CC=CC#CC(C)(C)C)C2(C)C=CC=N2)cc1. The van der Waals surface area contributed by atoms with Gasteiger partial charge in [-0.2, -0.15) is 0 Å². The Morgan fingerprint density at radius 1 is 1.21 bits per heavy atom. The van der Waals surface area contributed by atoms with E-state index >= 15 is 0 Å². The van der Waals surface area contributed by atoms with Crippen molar-refractivity contribution >= 4 is 18.0 Å². The molecular weight excluding hydrogens is 362 g/mol. The lowest BCUT2D eigenvalue weighted by Gasteiger charge is -2.28. The molecule has 1 aliphatic rings. The Bertz CT molecular complexity index is 875. The first-order valence-corrected chi connectivity index (χ1v) is 9.88. The molecule has 2 unspecified atom stereocenters. The van der Waals surface area contributed by atoms with Crippen LogP contribution in [0, 0.1) is 23.2 Å². The highest BCUT2D eigenvalue weighted by Gasteiger charge is 2.37. The van der Waals surface area contributed by atoms with Crippen LogP contribution in [0.3, 0.4) is 0 Å². The number of nitrogens with zero attached hydrogens (tertiary/aromatic N) is 1. The van der Waals surface area contributed by atoms with Gasteiger partial charge in [-0.1, -0.05) is 36.1 Å². The number of esters is 1. The van der Waals surface area contributed by atoms with Gasteiger partial charge in [0.25, 0.3) is 0 Å². The van der Waals surface area contributed by atoms with Crippen LogP contribution in [0.5, 0.6) is 0 Å². The maximum Gasteiger partial charge on any atom is 0.338 e. The molecular formula is C25H29NO3. The van der Waals surface area contributed by atoms with E-state index in [1.54, 1.807) is 43.5 Å². The molecule has 1 aliphatic heterocycles. The molecule has 2 rings (SSSR count). The van der Waals surface area contributed by atoms with Gasteiger partial charge in [-0.05, 0) is 65.3 Å². The molecule has 0 saturated carbocycles. The molecule has 0 spiro atoms. The zero-order chi connectivity index (χ0) is 21.5. The zero-order valence-corrected chi connectivity index (χ0v) is 17.9. The number of Topliss-reactive ketones (excluding diaryl/α,β-unsaturated/α-hetero) is 1. The van der Waals surface area contributed by atoms with Crippen LogP contribution in [-0.2, 0) is 4.74 Å². The van der Waals surface area contributed by atoms with Crippen molar-refractivity contribution in [2.75, 3.05) is 6.61 Å². The number of carbonyl (C=O) groups is 2. The van der Waals surface area contributed by atoms with Crippen LogP contribution in [0.2, 0.25) is 0 Å². The summed E-state index contributed by atoms with van der Waals surface area (Å²) in [7, 11) is 0. The van der Waals surface area contributed by atoms with Crippen LogP contribution in [0.4, 0.5) is 0 Å². The van der Waals surface area contributed by atoms with Gasteiger partial charge >= 0.3 is 5.97 Å². The standard InChI is InChI=1S/C25H29NO3/c1-6-29-23(28)20-14-12-19(13-15-20)22(27)21(25(5)17-10-18-26-25)11-8-7-9-16-24(2,3)4/h7-8,10,12-15,17-18,21H,6,11H2,1-5H3. The fourth-order valence-electron chi connectivity index (χ4n) is 3.01. The summed E-state index contributed by atoms with van der Waals surface area (Å²) in [6.45, 7) is 10.2. The Morgan fingerprint density at radius 3 is 2.41 bits per heavy atom. The van der Waals surface area contributed by atoms with Gasteiger partial charge in [0.15, 0.2) is 5.78 Å². The molecule has 0 bridgehead atoms. The Hall–Kier alpha value is -2.93. The molecule has 0 fully saturated rings. The molecule has 152 valence electrons. The summed E-state index contributed by atoms with van der Waals surface area (Å²) in [5.74, 6) is 5.43. The van der Waals surface area contributed by atoms with E-state index in [0.717, 1.165) is 0 Å². The molecule has 0 saturated heterocycles. The predicted octanol–water partition coefficient (Wildman–Crippen LogP) is 5.06. The molecule has 0 aliphatic carbocycles. The van der Waals surface area contributed by atoms with Crippen molar-refractivity contribution in [1.82, 2.24) is 0 Å². The van der Waals surface area contributed by atoms with Gasteiger partial charge in [0.1, 0.15) is 0 Å². The first kappa shape index (κ1) is 22.4. The summed E-state index contributed by atoms with van der Waals surface area (Å²) < 4.78 is 5.00. The fourth-order valence-corrected chi connectivity index (χ4v) is 3.01. The second-order valence-electron chi connectivity index (χ2n) is 8.24. The average molecular weight is 392 g/mol. The van der Waals surface area contributed by atoms with Crippen LogP contribution in [-0.4, -0.2) is 30.1 Å². The number of allylic oxidation sites excluding steroid dienone is 3. The predicted molar refractivity (Wildman–Crippen MR) is 117 cm³/mol. The monoisotopic (exact) mass is 391 g/mol. The number of rotatable bonds is 7. The van der Waals surface area contributed by atoms with E-state index in [1.807, 2.05) is 25.2 Å². The Labute approximate surface area is 173 Å². The molecule has 4 nitrogen and oxygen atoms in total. The second kappa shape index (κ2) is 9.52. The lowest BCUT2D eigenvalue weighted by Crippen LogP contribution is -2.35. The second-order valence-corrected chi connectivity index (χ2v) is 8.24. The molecule has 29 heavy (non-hydrogen) atoms. The number of ether oxygens (including phenoxy) is 1. The van der Waals surface area contributed by atoms with Crippen LogP contribution >= 0.6 is 0 Å². The molecule has 0 N–H and O–H groups in total. The lowest BCUT2D eigenvalue weighted by atomic mass is 9.79. The topological polar surface area (TPSA) is 55.7 Å². The van der Waals surface area contributed by atoms with Crippen molar-refractivity contribution in [2.24, 2.45) is 16.3 Å². The summed E-state index contributed by atoms with van der Waals surface area (Å²) in [5, 5.41) is 0. The maximum absolute atomic E-state index is 13.3. The number of benzene rings is 1. The molecule has 1 aromatic rings. The third-order valence-corrected chi connectivity index (χ3v) is 4.60. The molecule has 4 heteroatoms. The summed E-state index contributed by atoms with van der Waals surface area (Å²) >= 11 is 0. The van der Waals surface area contributed by atoms with E-state index < -0.39 is 11.5 Å². The van der Waals surface area contributed by atoms with E-state index in [-0.39, 0.29) is 17.1 Å². The Balaban J connectivity index is 2.22. The van der Waals surface area contributed by atoms with Crippen LogP contribution < -0.4 is 0 Å². The molecule has 1 aromatic carbocycles. The minimum Gasteiger partial charge on any atom is -0.462 e. The van der Waals surface area contributed by atoms with Crippen LogP contribution in [0.25, 0.3) is 0 Å². The first-order chi connectivity index (χ1) is 13.7. The number of hydrogen-bond donors (Lipinski definition) is 0. The van der Waals surface area contributed by atoms with Gasteiger partial charge in [-0.15, -0.1) is 0 Å². The third kappa shape index (κ3) is 6.29. The molecule has 0 aromatic heterocycles. The molecule has 0 amide bonds. The van der Waals surface area contributed by atoms with E-state index in [0.29, 0.717) is 24.2 Å². The highest BCUT2D eigenvalue weighted by atomic mass is 16.5. The number of hydrogen-bond acceptors (Lipinski definition) is 4. The molecule has 1 heterocycles. The van der Waals surface area contributed by atoms with Gasteiger partial charge in [-0.3, -0.25) is 9.79 Å². The fraction of sp³-hybridized carbons (Fsp3) is 0.400. The summed E-state index contributed by atoms with van der Waals surface area (Å²) in [4.78, 5) is 29.6. The Kier molecular flexibility index (Phi) is 7.34.